The van der Waals surface area contributed by atoms with Crippen molar-refractivity contribution >= 4 is 17.6 Å². The summed E-state index contributed by atoms with van der Waals surface area (Å²) in [5.74, 6) is -0.507. The van der Waals surface area contributed by atoms with Crippen molar-refractivity contribution in [2.75, 3.05) is 0 Å². The maximum absolute atomic E-state index is 12.5. The van der Waals surface area contributed by atoms with E-state index >= 15 is 0 Å². The maximum Gasteiger partial charge on any atom is 0.389 e. The van der Waals surface area contributed by atoms with Gasteiger partial charge in [0, 0.05) is 12.0 Å². The minimum atomic E-state index is -4.34. The van der Waals surface area contributed by atoms with Crippen molar-refractivity contribution in [1.29, 1.82) is 0 Å². The van der Waals surface area contributed by atoms with Gasteiger partial charge in [0.25, 0.3) is 0 Å². The Morgan fingerprint density at radius 1 is 1.25 bits per heavy atom. The lowest BCUT2D eigenvalue weighted by Gasteiger charge is -2.15. The molecule has 1 aliphatic heterocycles. The van der Waals surface area contributed by atoms with Crippen LogP contribution in [-0.4, -0.2) is 22.1 Å². The van der Waals surface area contributed by atoms with Gasteiger partial charge < -0.3 is 9.47 Å². The third kappa shape index (κ3) is 3.59. The molecule has 1 aliphatic rings. The molecule has 0 aliphatic carbocycles. The van der Waals surface area contributed by atoms with Gasteiger partial charge in [-0.25, -0.2) is 14.8 Å². The fourth-order valence-electron chi connectivity index (χ4n) is 2.34. The van der Waals surface area contributed by atoms with Crippen LogP contribution in [0, 0.1) is 0 Å². The number of ether oxygens (including phenoxy) is 2. The van der Waals surface area contributed by atoms with Crippen LogP contribution < -0.4 is 4.74 Å². The zero-order chi connectivity index (χ0) is 17.3. The molecule has 0 fully saturated rings. The Hall–Kier alpha value is -2.35. The van der Waals surface area contributed by atoms with E-state index in [4.69, 9.17) is 21.1 Å². The van der Waals surface area contributed by atoms with Crippen molar-refractivity contribution in [2.45, 2.75) is 25.1 Å². The molecule has 0 unspecified atom stereocenters. The summed E-state index contributed by atoms with van der Waals surface area (Å²) in [7, 11) is 0. The van der Waals surface area contributed by atoms with Gasteiger partial charge in [-0.15, -0.1) is 0 Å². The molecule has 9 heteroatoms. The molecule has 0 radical (unpaired) electrons. The fraction of sp³-hybridized carbons (Fsp3) is 0.267. The molecule has 1 atom stereocenters. The summed E-state index contributed by atoms with van der Waals surface area (Å²) in [6, 6.07) is 4.49. The van der Waals surface area contributed by atoms with Crippen LogP contribution in [0.1, 0.15) is 34.9 Å². The van der Waals surface area contributed by atoms with Gasteiger partial charge in [0.15, 0.2) is 0 Å². The molecule has 1 aromatic heterocycles. The molecule has 0 amide bonds. The van der Waals surface area contributed by atoms with Crippen molar-refractivity contribution in [3.8, 4) is 11.8 Å². The number of benzene rings is 1. The van der Waals surface area contributed by atoms with Gasteiger partial charge in [-0.3, -0.25) is 0 Å². The van der Waals surface area contributed by atoms with Crippen molar-refractivity contribution < 1.29 is 27.4 Å². The molecular formula is C15H10ClF3N2O3. The standard InChI is InChI=1S/C15H10ClF3N2O3/c16-8-6-20-14(21-7-8)24-10-3-1-2-9-12(10)11(23-13(9)22)4-5-15(17,18)19/h1-3,6-7,11H,4-5H2/t11-/m1/s1. The van der Waals surface area contributed by atoms with E-state index in [1.807, 2.05) is 0 Å². The number of aromatic nitrogens is 2. The van der Waals surface area contributed by atoms with Gasteiger partial charge >= 0.3 is 18.2 Å². The van der Waals surface area contributed by atoms with Gasteiger partial charge in [-0.1, -0.05) is 17.7 Å². The number of esters is 1. The molecule has 2 aromatic rings. The van der Waals surface area contributed by atoms with E-state index in [-0.39, 0.29) is 29.3 Å². The van der Waals surface area contributed by atoms with Crippen LogP contribution in [0.3, 0.4) is 0 Å². The lowest BCUT2D eigenvalue weighted by Crippen LogP contribution is -2.10. The number of cyclic esters (lactones) is 1. The lowest BCUT2D eigenvalue weighted by molar-refractivity contribution is -0.140. The van der Waals surface area contributed by atoms with Gasteiger partial charge in [-0.2, -0.15) is 13.2 Å². The average molecular weight is 359 g/mol. The van der Waals surface area contributed by atoms with E-state index < -0.39 is 24.7 Å². The number of carbonyl (C=O) groups is 1. The third-order valence-corrected chi connectivity index (χ3v) is 3.54. The summed E-state index contributed by atoms with van der Waals surface area (Å²) in [5, 5.41) is 0.308. The number of alkyl halides is 3. The SMILES string of the molecule is O=C1O[C@H](CCC(F)(F)F)c2c(Oc3ncc(Cl)cn3)cccc21. The smallest absolute Gasteiger partial charge is 0.389 e. The second-order valence-corrected chi connectivity index (χ2v) is 5.49. The first kappa shape index (κ1) is 16.5. The minimum Gasteiger partial charge on any atom is -0.454 e. The zero-order valence-corrected chi connectivity index (χ0v) is 12.8. The molecule has 0 saturated heterocycles. The van der Waals surface area contributed by atoms with Crippen LogP contribution in [0.2, 0.25) is 5.02 Å². The van der Waals surface area contributed by atoms with Crippen LogP contribution in [0.5, 0.6) is 11.8 Å². The first-order valence-electron chi connectivity index (χ1n) is 6.89. The topological polar surface area (TPSA) is 61.3 Å². The summed E-state index contributed by atoms with van der Waals surface area (Å²) in [5.41, 5.74) is 0.443. The van der Waals surface area contributed by atoms with Crippen molar-refractivity contribution in [2.24, 2.45) is 0 Å². The highest BCUT2D eigenvalue weighted by Crippen LogP contribution is 2.42. The van der Waals surface area contributed by atoms with E-state index in [9.17, 15) is 18.0 Å². The largest absolute Gasteiger partial charge is 0.454 e. The zero-order valence-electron chi connectivity index (χ0n) is 12.0. The average Bonchev–Trinajstić information content (AvgIpc) is 2.85. The normalized spacial score (nSPS) is 16.7. The Morgan fingerprint density at radius 2 is 1.96 bits per heavy atom. The molecular weight excluding hydrogens is 349 g/mol. The molecule has 2 heterocycles. The highest BCUT2D eigenvalue weighted by Gasteiger charge is 2.37. The Kier molecular flexibility index (Phi) is 4.31. The van der Waals surface area contributed by atoms with Gasteiger partial charge in [0.05, 0.1) is 23.0 Å². The molecule has 0 N–H and O–H groups in total. The van der Waals surface area contributed by atoms with E-state index in [0.29, 0.717) is 5.02 Å². The molecule has 24 heavy (non-hydrogen) atoms. The number of hydrogen-bond acceptors (Lipinski definition) is 5. The monoisotopic (exact) mass is 358 g/mol. The van der Waals surface area contributed by atoms with Crippen LogP contribution in [0.4, 0.5) is 13.2 Å². The highest BCUT2D eigenvalue weighted by molar-refractivity contribution is 6.30. The van der Waals surface area contributed by atoms with E-state index in [0.717, 1.165) is 0 Å². The third-order valence-electron chi connectivity index (χ3n) is 3.35. The second-order valence-electron chi connectivity index (χ2n) is 5.05. The number of fused-ring (bicyclic) bond motifs is 1. The molecule has 1 aromatic carbocycles. The van der Waals surface area contributed by atoms with Crippen LogP contribution in [0.25, 0.3) is 0 Å². The molecule has 5 nitrogen and oxygen atoms in total. The van der Waals surface area contributed by atoms with Crippen molar-refractivity contribution in [3.05, 3.63) is 46.7 Å². The fourth-order valence-corrected chi connectivity index (χ4v) is 2.44. The quantitative estimate of drug-likeness (QED) is 0.754. The Bertz CT molecular complexity index is 766. The van der Waals surface area contributed by atoms with Gasteiger partial charge in [-0.05, 0) is 18.6 Å². The lowest BCUT2D eigenvalue weighted by atomic mass is 10.0. The number of carbonyl (C=O) groups excluding carboxylic acids is 1. The molecule has 126 valence electrons. The predicted molar refractivity (Wildman–Crippen MR) is 77.0 cm³/mol. The van der Waals surface area contributed by atoms with Gasteiger partial charge in [0.2, 0.25) is 0 Å². The van der Waals surface area contributed by atoms with Crippen LogP contribution >= 0.6 is 11.6 Å². The summed E-state index contributed by atoms with van der Waals surface area (Å²) in [6.07, 6.45) is -4.20. The summed E-state index contributed by atoms with van der Waals surface area (Å²) in [4.78, 5) is 19.6. The first-order chi connectivity index (χ1) is 11.3. The number of hydrogen-bond donors (Lipinski definition) is 0. The number of nitrogens with zero attached hydrogens (tertiary/aromatic N) is 2. The molecule has 0 bridgehead atoms. The Morgan fingerprint density at radius 3 is 2.62 bits per heavy atom. The van der Waals surface area contributed by atoms with Gasteiger partial charge in [0.1, 0.15) is 11.9 Å². The highest BCUT2D eigenvalue weighted by atomic mass is 35.5. The number of rotatable bonds is 4. The van der Waals surface area contributed by atoms with Crippen molar-refractivity contribution in [3.63, 3.8) is 0 Å². The molecule has 0 saturated carbocycles. The van der Waals surface area contributed by atoms with E-state index in [1.165, 1.54) is 30.6 Å². The molecule has 3 rings (SSSR count). The summed E-state index contributed by atoms with van der Waals surface area (Å²) in [6.45, 7) is 0. The minimum absolute atomic E-state index is 0.0401. The summed E-state index contributed by atoms with van der Waals surface area (Å²) < 4.78 is 47.9. The van der Waals surface area contributed by atoms with Crippen LogP contribution in [-0.2, 0) is 4.74 Å². The second kappa shape index (κ2) is 6.27. The predicted octanol–water partition coefficient (Wildman–Crippen LogP) is 4.48. The summed E-state index contributed by atoms with van der Waals surface area (Å²) >= 11 is 5.68. The van der Waals surface area contributed by atoms with Crippen molar-refractivity contribution in [1.82, 2.24) is 9.97 Å². The Labute approximate surface area is 139 Å². The maximum atomic E-state index is 12.5. The van der Waals surface area contributed by atoms with Crippen LogP contribution in [0.15, 0.2) is 30.6 Å². The number of halogens is 4. The van der Waals surface area contributed by atoms with E-state index in [2.05, 4.69) is 9.97 Å². The first-order valence-corrected chi connectivity index (χ1v) is 7.27. The van der Waals surface area contributed by atoms with E-state index in [1.54, 1.807) is 0 Å². The molecule has 0 spiro atoms. The Balaban J connectivity index is 1.89.